The first-order valence-corrected chi connectivity index (χ1v) is 20.8. The lowest BCUT2D eigenvalue weighted by atomic mass is 10.0. The average molecular weight is 773 g/mol. The summed E-state index contributed by atoms with van der Waals surface area (Å²) in [5.41, 5.74) is 15.2. The SMILES string of the molecule is c1ccc(-c2ccc(N(c3ccc(-c4ccccc4)cc3)c3cccc(-c4ccc(-n5cc(Sc6ccccc6-c6ccccc6)c6ccccc65)cc4)c3)cc2)cc1. The Balaban J connectivity index is 0.978. The Bertz CT molecular complexity index is 2890. The molecule has 0 saturated carbocycles. The third-order valence-electron chi connectivity index (χ3n) is 10.9. The molecular formula is C56H40N2S. The molecule has 0 fully saturated rings. The zero-order chi connectivity index (χ0) is 39.4. The van der Waals surface area contributed by atoms with Gasteiger partial charge in [0.2, 0.25) is 0 Å². The number of anilines is 3. The number of para-hydroxylation sites is 1. The van der Waals surface area contributed by atoms with Crippen LogP contribution in [0.15, 0.2) is 253 Å². The van der Waals surface area contributed by atoms with E-state index in [9.17, 15) is 0 Å². The lowest BCUT2D eigenvalue weighted by Gasteiger charge is -2.26. The molecule has 10 aromatic rings. The minimum Gasteiger partial charge on any atom is -0.315 e. The number of hydrogen-bond acceptors (Lipinski definition) is 2. The molecule has 0 atom stereocenters. The Morgan fingerprint density at radius 3 is 1.42 bits per heavy atom. The van der Waals surface area contributed by atoms with Crippen LogP contribution in [0.1, 0.15) is 0 Å². The summed E-state index contributed by atoms with van der Waals surface area (Å²) >= 11 is 1.83. The Morgan fingerprint density at radius 1 is 0.322 bits per heavy atom. The van der Waals surface area contributed by atoms with E-state index < -0.39 is 0 Å². The van der Waals surface area contributed by atoms with Gasteiger partial charge in [0.25, 0.3) is 0 Å². The predicted molar refractivity (Wildman–Crippen MR) is 250 cm³/mol. The van der Waals surface area contributed by atoms with Gasteiger partial charge in [-0.25, -0.2) is 0 Å². The van der Waals surface area contributed by atoms with Crippen molar-refractivity contribution >= 4 is 39.7 Å². The molecule has 0 aliphatic heterocycles. The summed E-state index contributed by atoms with van der Waals surface area (Å²) in [6, 6.07) is 84.8. The molecule has 0 spiro atoms. The maximum Gasteiger partial charge on any atom is 0.0540 e. The van der Waals surface area contributed by atoms with Crippen LogP contribution in [0, 0.1) is 0 Å². The number of rotatable bonds is 10. The highest BCUT2D eigenvalue weighted by Crippen LogP contribution is 2.42. The molecule has 2 nitrogen and oxygen atoms in total. The van der Waals surface area contributed by atoms with Crippen molar-refractivity contribution in [1.82, 2.24) is 4.57 Å². The Labute approximate surface area is 350 Å². The average Bonchev–Trinajstić information content (AvgIpc) is 3.69. The van der Waals surface area contributed by atoms with Crippen molar-refractivity contribution in [2.45, 2.75) is 9.79 Å². The van der Waals surface area contributed by atoms with E-state index in [1.807, 2.05) is 11.8 Å². The van der Waals surface area contributed by atoms with Crippen LogP contribution in [0.5, 0.6) is 0 Å². The van der Waals surface area contributed by atoms with Gasteiger partial charge in [-0.3, -0.25) is 0 Å². The topological polar surface area (TPSA) is 8.17 Å². The highest BCUT2D eigenvalue weighted by molar-refractivity contribution is 7.99. The zero-order valence-corrected chi connectivity index (χ0v) is 33.2. The van der Waals surface area contributed by atoms with Crippen LogP contribution in [0.4, 0.5) is 17.1 Å². The summed E-state index contributed by atoms with van der Waals surface area (Å²) in [5.74, 6) is 0. The van der Waals surface area contributed by atoms with E-state index in [1.165, 1.54) is 54.1 Å². The van der Waals surface area contributed by atoms with E-state index in [0.29, 0.717) is 0 Å². The van der Waals surface area contributed by atoms with Gasteiger partial charge in [-0.1, -0.05) is 188 Å². The molecule has 3 heteroatoms. The summed E-state index contributed by atoms with van der Waals surface area (Å²) in [4.78, 5) is 4.82. The van der Waals surface area contributed by atoms with Crippen molar-refractivity contribution in [2.24, 2.45) is 0 Å². The molecule has 0 aliphatic rings. The number of nitrogens with zero attached hydrogens (tertiary/aromatic N) is 2. The van der Waals surface area contributed by atoms with Gasteiger partial charge in [0.05, 0.1) is 5.52 Å². The van der Waals surface area contributed by atoms with Crippen molar-refractivity contribution in [3.8, 4) is 50.2 Å². The van der Waals surface area contributed by atoms with E-state index in [-0.39, 0.29) is 0 Å². The van der Waals surface area contributed by atoms with Crippen LogP contribution in [0.3, 0.4) is 0 Å². The van der Waals surface area contributed by atoms with Crippen molar-refractivity contribution in [1.29, 1.82) is 0 Å². The van der Waals surface area contributed by atoms with Crippen molar-refractivity contribution in [3.05, 3.63) is 243 Å². The monoisotopic (exact) mass is 772 g/mol. The van der Waals surface area contributed by atoms with Crippen molar-refractivity contribution in [3.63, 3.8) is 0 Å². The highest BCUT2D eigenvalue weighted by Gasteiger charge is 2.16. The first-order valence-electron chi connectivity index (χ1n) is 20.0. The van der Waals surface area contributed by atoms with Crippen LogP contribution in [0.2, 0.25) is 0 Å². The fraction of sp³-hybridized carbons (Fsp3) is 0. The predicted octanol–water partition coefficient (Wildman–Crippen LogP) is 15.9. The standard InChI is InChI=1S/C56H40N2S/c1-4-15-41(16-5-1)43-29-35-49(36-30-43)58(50-37-31-44(32-38-50)42-17-6-2-7-18-42)51-22-14-21-47(39-51)45-27-33-48(34-28-45)57-40-56(53-24-10-12-25-54(53)57)59-55-26-13-11-23-52(55)46-19-8-3-9-20-46/h1-40H. The molecule has 0 amide bonds. The van der Waals surface area contributed by atoms with Gasteiger partial charge in [-0.05, 0) is 105 Å². The maximum atomic E-state index is 2.35. The van der Waals surface area contributed by atoms with Gasteiger partial charge >= 0.3 is 0 Å². The summed E-state index contributed by atoms with van der Waals surface area (Å²) in [6.07, 6.45) is 2.29. The molecule has 1 aromatic heterocycles. The molecule has 9 aromatic carbocycles. The summed E-state index contributed by atoms with van der Waals surface area (Å²) in [6.45, 7) is 0. The van der Waals surface area contributed by atoms with Crippen molar-refractivity contribution < 1.29 is 0 Å². The lowest BCUT2D eigenvalue weighted by Crippen LogP contribution is -2.10. The molecule has 0 saturated heterocycles. The number of benzene rings is 9. The van der Waals surface area contributed by atoms with Crippen LogP contribution < -0.4 is 4.90 Å². The third kappa shape index (κ3) is 7.48. The first kappa shape index (κ1) is 36.0. The van der Waals surface area contributed by atoms with Gasteiger partial charge in [0.15, 0.2) is 0 Å². The smallest absolute Gasteiger partial charge is 0.0540 e. The fourth-order valence-electron chi connectivity index (χ4n) is 7.93. The van der Waals surface area contributed by atoms with Crippen molar-refractivity contribution in [2.75, 3.05) is 4.90 Å². The molecule has 10 rings (SSSR count). The Hall–Kier alpha value is -7.33. The Kier molecular flexibility index (Phi) is 9.94. The zero-order valence-electron chi connectivity index (χ0n) is 32.4. The van der Waals surface area contributed by atoms with E-state index >= 15 is 0 Å². The van der Waals surface area contributed by atoms with E-state index in [0.717, 1.165) is 33.9 Å². The van der Waals surface area contributed by atoms with Crippen LogP contribution in [-0.4, -0.2) is 4.57 Å². The second-order valence-electron chi connectivity index (χ2n) is 14.6. The minimum absolute atomic E-state index is 1.10. The molecule has 0 bridgehead atoms. The van der Waals surface area contributed by atoms with Crippen LogP contribution in [0.25, 0.3) is 61.1 Å². The van der Waals surface area contributed by atoms with E-state index in [1.54, 1.807) is 0 Å². The lowest BCUT2D eigenvalue weighted by molar-refractivity contribution is 1.11. The Morgan fingerprint density at radius 2 is 0.797 bits per heavy atom. The molecule has 1 heterocycles. The molecule has 0 N–H and O–H groups in total. The fourth-order valence-corrected chi connectivity index (χ4v) is 9.05. The second kappa shape index (κ2) is 16.3. The molecule has 0 aliphatic carbocycles. The quantitative estimate of drug-likeness (QED) is 0.137. The van der Waals surface area contributed by atoms with Crippen LogP contribution in [-0.2, 0) is 0 Å². The largest absolute Gasteiger partial charge is 0.315 e. The van der Waals surface area contributed by atoms with Gasteiger partial charge in [-0.15, -0.1) is 0 Å². The number of fused-ring (bicyclic) bond motifs is 1. The normalized spacial score (nSPS) is 11.1. The first-order chi connectivity index (χ1) is 29.2. The van der Waals surface area contributed by atoms with E-state index in [2.05, 4.69) is 252 Å². The summed E-state index contributed by atoms with van der Waals surface area (Å²) < 4.78 is 2.32. The molecule has 59 heavy (non-hydrogen) atoms. The highest BCUT2D eigenvalue weighted by atomic mass is 32.2. The minimum atomic E-state index is 1.10. The van der Waals surface area contributed by atoms with Gasteiger partial charge in [0, 0.05) is 44.1 Å². The van der Waals surface area contributed by atoms with Gasteiger partial charge in [-0.2, -0.15) is 0 Å². The van der Waals surface area contributed by atoms with Crippen LogP contribution >= 0.6 is 11.8 Å². The molecule has 0 radical (unpaired) electrons. The summed E-state index contributed by atoms with van der Waals surface area (Å²) in [5, 5.41) is 1.24. The molecular weight excluding hydrogens is 733 g/mol. The van der Waals surface area contributed by atoms with E-state index in [4.69, 9.17) is 0 Å². The van der Waals surface area contributed by atoms with Gasteiger partial charge in [0.1, 0.15) is 0 Å². The maximum absolute atomic E-state index is 2.35. The summed E-state index contributed by atoms with van der Waals surface area (Å²) in [7, 11) is 0. The molecule has 280 valence electrons. The molecule has 0 unspecified atom stereocenters. The van der Waals surface area contributed by atoms with Gasteiger partial charge < -0.3 is 9.47 Å². The second-order valence-corrected chi connectivity index (χ2v) is 15.7. The number of hydrogen-bond donors (Lipinski definition) is 0. The number of aromatic nitrogens is 1. The third-order valence-corrected chi connectivity index (χ3v) is 12.0.